The third kappa shape index (κ3) is 5.71. The van der Waals surface area contributed by atoms with Crippen LogP contribution in [0.2, 0.25) is 0 Å². The molecule has 0 heteroatoms. The predicted molar refractivity (Wildman–Crippen MR) is 143 cm³/mol. The van der Waals surface area contributed by atoms with Crippen LogP contribution in [0.3, 0.4) is 0 Å². The van der Waals surface area contributed by atoms with E-state index in [1.807, 2.05) is 0 Å². The van der Waals surface area contributed by atoms with Crippen LogP contribution in [0.25, 0.3) is 0 Å². The van der Waals surface area contributed by atoms with Gasteiger partial charge in [0, 0.05) is 0 Å². The van der Waals surface area contributed by atoms with Crippen molar-refractivity contribution < 1.29 is 0 Å². The minimum absolute atomic E-state index is 0.955. The smallest absolute Gasteiger partial charge is 0.00228 e. The Hall–Kier alpha value is -3.90. The first-order valence-electron chi connectivity index (χ1n) is 12.1. The molecular formula is C34H30. The molecule has 0 saturated carbocycles. The summed E-state index contributed by atoms with van der Waals surface area (Å²) in [6, 6.07) is 48.4. The summed E-state index contributed by atoms with van der Waals surface area (Å²) in [6.45, 7) is 0. The molecule has 0 spiro atoms. The number of hydrogen-bond acceptors (Lipinski definition) is 0. The van der Waals surface area contributed by atoms with E-state index in [0.29, 0.717) is 0 Å². The highest BCUT2D eigenvalue weighted by atomic mass is 14.2. The molecule has 0 aliphatic carbocycles. The van der Waals surface area contributed by atoms with E-state index in [-0.39, 0.29) is 0 Å². The Morgan fingerprint density at radius 3 is 0.676 bits per heavy atom. The molecule has 0 aromatic heterocycles. The average molecular weight is 439 g/mol. The SMILES string of the molecule is c1ccc(Cc2cc(Cc3ccccc3)c(Cc3ccccc3)cc2Cc2ccccc2)cc1. The Morgan fingerprint density at radius 2 is 0.471 bits per heavy atom. The second-order valence-corrected chi connectivity index (χ2v) is 9.04. The first-order chi connectivity index (χ1) is 16.8. The predicted octanol–water partition coefficient (Wildman–Crippen LogP) is 8.05. The molecule has 0 fully saturated rings. The van der Waals surface area contributed by atoms with Crippen molar-refractivity contribution in [1.82, 2.24) is 0 Å². The van der Waals surface area contributed by atoms with Crippen LogP contribution in [0.1, 0.15) is 44.5 Å². The van der Waals surface area contributed by atoms with Crippen LogP contribution in [0, 0.1) is 0 Å². The van der Waals surface area contributed by atoms with Gasteiger partial charge in [0.2, 0.25) is 0 Å². The molecule has 0 N–H and O–H groups in total. The van der Waals surface area contributed by atoms with Gasteiger partial charge in [0.1, 0.15) is 0 Å². The molecule has 0 bridgehead atoms. The second-order valence-electron chi connectivity index (χ2n) is 9.04. The zero-order valence-electron chi connectivity index (χ0n) is 19.5. The summed E-state index contributed by atoms with van der Waals surface area (Å²) in [6.07, 6.45) is 3.82. The van der Waals surface area contributed by atoms with Crippen molar-refractivity contribution in [1.29, 1.82) is 0 Å². The number of benzene rings is 5. The van der Waals surface area contributed by atoms with Gasteiger partial charge in [0.15, 0.2) is 0 Å². The summed E-state index contributed by atoms with van der Waals surface area (Å²) in [5.74, 6) is 0. The van der Waals surface area contributed by atoms with E-state index in [2.05, 4.69) is 133 Å². The zero-order valence-corrected chi connectivity index (χ0v) is 19.5. The van der Waals surface area contributed by atoms with Gasteiger partial charge in [-0.3, -0.25) is 0 Å². The van der Waals surface area contributed by atoms with Crippen molar-refractivity contribution in [3.8, 4) is 0 Å². The van der Waals surface area contributed by atoms with Crippen LogP contribution in [0.4, 0.5) is 0 Å². The summed E-state index contributed by atoms with van der Waals surface area (Å²) in [5, 5.41) is 0. The summed E-state index contributed by atoms with van der Waals surface area (Å²) in [5.41, 5.74) is 11.2. The fourth-order valence-corrected chi connectivity index (χ4v) is 4.71. The molecule has 0 saturated heterocycles. The minimum atomic E-state index is 0.955. The maximum absolute atomic E-state index is 2.48. The summed E-state index contributed by atoms with van der Waals surface area (Å²) in [7, 11) is 0. The lowest BCUT2D eigenvalue weighted by Crippen LogP contribution is -2.05. The number of hydrogen-bond donors (Lipinski definition) is 0. The lowest BCUT2D eigenvalue weighted by molar-refractivity contribution is 1.02. The Labute approximate surface area is 203 Å². The highest BCUT2D eigenvalue weighted by Crippen LogP contribution is 2.27. The Morgan fingerprint density at radius 1 is 0.265 bits per heavy atom. The third-order valence-electron chi connectivity index (χ3n) is 6.47. The van der Waals surface area contributed by atoms with Crippen LogP contribution in [-0.4, -0.2) is 0 Å². The van der Waals surface area contributed by atoms with E-state index in [0.717, 1.165) is 25.7 Å². The molecule has 5 rings (SSSR count). The van der Waals surface area contributed by atoms with Gasteiger partial charge in [-0.1, -0.05) is 133 Å². The van der Waals surface area contributed by atoms with Gasteiger partial charge in [-0.05, 0) is 70.2 Å². The van der Waals surface area contributed by atoms with Crippen LogP contribution in [0.15, 0.2) is 133 Å². The zero-order chi connectivity index (χ0) is 23.0. The van der Waals surface area contributed by atoms with Crippen molar-refractivity contribution in [2.75, 3.05) is 0 Å². The Balaban J connectivity index is 1.59. The quantitative estimate of drug-likeness (QED) is 0.230. The monoisotopic (exact) mass is 438 g/mol. The molecular weight excluding hydrogens is 408 g/mol. The van der Waals surface area contributed by atoms with Gasteiger partial charge < -0.3 is 0 Å². The molecule has 166 valence electrons. The molecule has 34 heavy (non-hydrogen) atoms. The van der Waals surface area contributed by atoms with Crippen molar-refractivity contribution in [2.24, 2.45) is 0 Å². The van der Waals surface area contributed by atoms with Gasteiger partial charge in [-0.25, -0.2) is 0 Å². The van der Waals surface area contributed by atoms with Crippen molar-refractivity contribution >= 4 is 0 Å². The number of rotatable bonds is 8. The molecule has 5 aromatic rings. The highest BCUT2D eigenvalue weighted by molar-refractivity contribution is 5.46. The van der Waals surface area contributed by atoms with Crippen LogP contribution < -0.4 is 0 Å². The summed E-state index contributed by atoms with van der Waals surface area (Å²) < 4.78 is 0. The first kappa shape index (κ1) is 21.9. The van der Waals surface area contributed by atoms with Crippen LogP contribution >= 0.6 is 0 Å². The normalized spacial score (nSPS) is 10.8. The fraction of sp³-hybridized carbons (Fsp3) is 0.118. The summed E-state index contributed by atoms with van der Waals surface area (Å²) >= 11 is 0. The largest absolute Gasteiger partial charge is 0.0622 e. The molecule has 5 aromatic carbocycles. The molecule has 0 unspecified atom stereocenters. The first-order valence-corrected chi connectivity index (χ1v) is 12.1. The third-order valence-corrected chi connectivity index (χ3v) is 6.47. The molecule has 0 aliphatic heterocycles. The standard InChI is InChI=1S/C34H30/c1-5-13-27(14-6-1)21-31-25-33(23-29-17-9-3-10-18-29)34(24-30-19-11-4-12-20-30)26-32(31)22-28-15-7-2-8-16-28/h1-20,25-26H,21-24H2. The molecule has 0 nitrogen and oxygen atoms in total. The van der Waals surface area contributed by atoms with Gasteiger partial charge in [0.25, 0.3) is 0 Å². The van der Waals surface area contributed by atoms with E-state index >= 15 is 0 Å². The van der Waals surface area contributed by atoms with Gasteiger partial charge in [-0.2, -0.15) is 0 Å². The molecule has 0 radical (unpaired) electrons. The van der Waals surface area contributed by atoms with E-state index < -0.39 is 0 Å². The van der Waals surface area contributed by atoms with E-state index in [9.17, 15) is 0 Å². The Kier molecular flexibility index (Phi) is 6.97. The van der Waals surface area contributed by atoms with E-state index in [4.69, 9.17) is 0 Å². The highest BCUT2D eigenvalue weighted by Gasteiger charge is 2.13. The fourth-order valence-electron chi connectivity index (χ4n) is 4.71. The Bertz CT molecular complexity index is 1100. The van der Waals surface area contributed by atoms with Gasteiger partial charge in [0.05, 0.1) is 0 Å². The van der Waals surface area contributed by atoms with Crippen LogP contribution in [0.5, 0.6) is 0 Å². The minimum Gasteiger partial charge on any atom is -0.0622 e. The van der Waals surface area contributed by atoms with Crippen molar-refractivity contribution in [3.05, 3.63) is 178 Å². The van der Waals surface area contributed by atoms with Gasteiger partial charge in [-0.15, -0.1) is 0 Å². The average Bonchev–Trinajstić information content (AvgIpc) is 2.89. The van der Waals surface area contributed by atoms with E-state index in [1.54, 1.807) is 0 Å². The maximum Gasteiger partial charge on any atom is -0.00228 e. The second kappa shape index (κ2) is 10.8. The lowest BCUT2D eigenvalue weighted by atomic mass is 9.87. The molecule has 0 heterocycles. The molecule has 0 aliphatic rings. The van der Waals surface area contributed by atoms with Crippen molar-refractivity contribution in [2.45, 2.75) is 25.7 Å². The molecule has 0 atom stereocenters. The maximum atomic E-state index is 2.48. The van der Waals surface area contributed by atoms with Crippen LogP contribution in [-0.2, 0) is 25.7 Å². The summed E-state index contributed by atoms with van der Waals surface area (Å²) in [4.78, 5) is 0. The van der Waals surface area contributed by atoms with Gasteiger partial charge >= 0.3 is 0 Å². The van der Waals surface area contributed by atoms with Crippen molar-refractivity contribution in [3.63, 3.8) is 0 Å². The topological polar surface area (TPSA) is 0 Å². The van der Waals surface area contributed by atoms with E-state index in [1.165, 1.54) is 44.5 Å². The molecule has 0 amide bonds. The lowest BCUT2D eigenvalue weighted by Gasteiger charge is -2.18.